The lowest BCUT2D eigenvalue weighted by atomic mass is 10.0. The van der Waals surface area contributed by atoms with Crippen molar-refractivity contribution in [3.05, 3.63) is 0 Å². The van der Waals surface area contributed by atoms with E-state index in [1.165, 1.54) is 0 Å². The highest BCUT2D eigenvalue weighted by Gasteiger charge is 2.37. The molecular weight excluding hydrogens is 180 g/mol. The van der Waals surface area contributed by atoms with Gasteiger partial charge in [-0.2, -0.15) is 0 Å². The highest BCUT2D eigenvalue weighted by atomic mass is 16.5. The molecule has 0 aromatic carbocycles. The zero-order valence-electron chi connectivity index (χ0n) is 9.06. The Balaban J connectivity index is 2.20. The van der Waals surface area contributed by atoms with E-state index in [1.807, 2.05) is 13.8 Å². The van der Waals surface area contributed by atoms with Crippen LogP contribution < -0.4 is 10.6 Å². The van der Waals surface area contributed by atoms with E-state index in [1.54, 1.807) is 0 Å². The van der Waals surface area contributed by atoms with E-state index in [0.717, 1.165) is 25.9 Å². The Kier molecular flexibility index (Phi) is 4.35. The number of hydrogen-bond acceptors (Lipinski definition) is 3. The molecule has 0 bridgehead atoms. The third kappa shape index (κ3) is 2.96. The van der Waals surface area contributed by atoms with Gasteiger partial charge in [0.1, 0.15) is 5.60 Å². The fraction of sp³-hybridized carbons (Fsp3) is 0.900. The summed E-state index contributed by atoms with van der Waals surface area (Å²) in [5.41, 5.74) is -0.577. The fourth-order valence-corrected chi connectivity index (χ4v) is 1.59. The molecule has 4 nitrogen and oxygen atoms in total. The molecule has 1 atom stereocenters. The molecule has 1 heterocycles. The SMILES string of the molecule is CCNCCNC(=O)C1(C)CCCO1. The van der Waals surface area contributed by atoms with E-state index >= 15 is 0 Å². The van der Waals surface area contributed by atoms with Gasteiger partial charge < -0.3 is 15.4 Å². The van der Waals surface area contributed by atoms with E-state index in [0.29, 0.717) is 13.2 Å². The van der Waals surface area contributed by atoms with Gasteiger partial charge in [0.2, 0.25) is 0 Å². The van der Waals surface area contributed by atoms with Gasteiger partial charge >= 0.3 is 0 Å². The summed E-state index contributed by atoms with van der Waals surface area (Å²) in [6, 6.07) is 0. The topological polar surface area (TPSA) is 50.4 Å². The van der Waals surface area contributed by atoms with Crippen LogP contribution in [0.15, 0.2) is 0 Å². The average Bonchev–Trinajstić information content (AvgIpc) is 2.61. The fourth-order valence-electron chi connectivity index (χ4n) is 1.59. The van der Waals surface area contributed by atoms with E-state index in [4.69, 9.17) is 4.74 Å². The Morgan fingerprint density at radius 1 is 1.50 bits per heavy atom. The van der Waals surface area contributed by atoms with Crippen LogP contribution in [0.1, 0.15) is 26.7 Å². The molecule has 14 heavy (non-hydrogen) atoms. The predicted octanol–water partition coefficient (Wildman–Crippen LogP) is 0.281. The van der Waals surface area contributed by atoms with Crippen LogP contribution >= 0.6 is 0 Å². The van der Waals surface area contributed by atoms with Crippen LogP contribution in [0.3, 0.4) is 0 Å². The van der Waals surface area contributed by atoms with Gasteiger partial charge in [-0.25, -0.2) is 0 Å². The first-order chi connectivity index (χ1) is 6.69. The third-order valence-electron chi connectivity index (χ3n) is 2.54. The van der Waals surface area contributed by atoms with Crippen LogP contribution in [0.2, 0.25) is 0 Å². The second-order valence-corrected chi connectivity index (χ2v) is 3.79. The Morgan fingerprint density at radius 3 is 2.86 bits per heavy atom. The Labute approximate surface area is 85.4 Å². The number of likely N-dealkylation sites (N-methyl/N-ethyl adjacent to an activating group) is 1. The summed E-state index contributed by atoms with van der Waals surface area (Å²) in [6.07, 6.45) is 1.82. The van der Waals surface area contributed by atoms with E-state index in [9.17, 15) is 4.79 Å². The summed E-state index contributed by atoms with van der Waals surface area (Å²) in [6.45, 7) is 7.04. The molecule has 0 spiro atoms. The molecule has 82 valence electrons. The molecule has 1 amide bonds. The average molecular weight is 200 g/mol. The Hall–Kier alpha value is -0.610. The second kappa shape index (κ2) is 5.32. The molecule has 0 saturated carbocycles. The first kappa shape index (κ1) is 11.5. The zero-order chi connectivity index (χ0) is 10.4. The minimum absolute atomic E-state index is 0.0212. The summed E-state index contributed by atoms with van der Waals surface area (Å²) in [7, 11) is 0. The Bertz CT molecular complexity index is 189. The quantitative estimate of drug-likeness (QED) is 0.627. The van der Waals surface area contributed by atoms with Crippen molar-refractivity contribution in [3.63, 3.8) is 0 Å². The van der Waals surface area contributed by atoms with Gasteiger partial charge in [0.25, 0.3) is 5.91 Å². The van der Waals surface area contributed by atoms with Gasteiger partial charge in [-0.1, -0.05) is 6.92 Å². The predicted molar refractivity (Wildman–Crippen MR) is 55.1 cm³/mol. The standard InChI is InChI=1S/C10H20N2O2/c1-3-11-6-7-12-9(13)10(2)5-4-8-14-10/h11H,3-8H2,1-2H3,(H,12,13). The van der Waals surface area contributed by atoms with E-state index in [-0.39, 0.29) is 5.91 Å². The minimum Gasteiger partial charge on any atom is -0.365 e. The monoisotopic (exact) mass is 200 g/mol. The first-order valence-electron chi connectivity index (χ1n) is 5.32. The largest absolute Gasteiger partial charge is 0.365 e. The lowest BCUT2D eigenvalue weighted by Gasteiger charge is -2.21. The molecule has 4 heteroatoms. The number of carbonyl (C=O) groups is 1. The molecule has 1 fully saturated rings. The smallest absolute Gasteiger partial charge is 0.252 e. The number of nitrogens with one attached hydrogen (secondary N) is 2. The molecule has 0 aliphatic carbocycles. The lowest BCUT2D eigenvalue weighted by molar-refractivity contribution is -0.139. The van der Waals surface area contributed by atoms with Crippen LogP contribution in [0.25, 0.3) is 0 Å². The van der Waals surface area contributed by atoms with Crippen molar-refractivity contribution < 1.29 is 9.53 Å². The minimum atomic E-state index is -0.577. The van der Waals surface area contributed by atoms with Gasteiger partial charge in [0.15, 0.2) is 0 Å². The van der Waals surface area contributed by atoms with Crippen LogP contribution in [0, 0.1) is 0 Å². The van der Waals surface area contributed by atoms with Gasteiger partial charge in [0.05, 0.1) is 0 Å². The molecule has 1 aliphatic heterocycles. The van der Waals surface area contributed by atoms with Crippen molar-refractivity contribution in [2.45, 2.75) is 32.3 Å². The van der Waals surface area contributed by atoms with E-state index in [2.05, 4.69) is 10.6 Å². The summed E-state index contributed by atoms with van der Waals surface area (Å²) in [5.74, 6) is 0.0212. The van der Waals surface area contributed by atoms with Crippen molar-refractivity contribution in [2.24, 2.45) is 0 Å². The van der Waals surface area contributed by atoms with Crippen molar-refractivity contribution in [2.75, 3.05) is 26.2 Å². The van der Waals surface area contributed by atoms with Crippen LogP contribution in [0.5, 0.6) is 0 Å². The van der Waals surface area contributed by atoms with Gasteiger partial charge in [0, 0.05) is 19.7 Å². The zero-order valence-corrected chi connectivity index (χ0v) is 9.06. The molecule has 2 N–H and O–H groups in total. The molecular formula is C10H20N2O2. The molecule has 0 aromatic heterocycles. The van der Waals surface area contributed by atoms with Crippen molar-refractivity contribution in [3.8, 4) is 0 Å². The number of rotatable bonds is 5. The molecule has 1 aliphatic rings. The summed E-state index contributed by atoms with van der Waals surface area (Å²) in [5, 5.41) is 6.02. The molecule has 1 saturated heterocycles. The Morgan fingerprint density at radius 2 is 2.29 bits per heavy atom. The maximum atomic E-state index is 11.7. The molecule has 0 aromatic rings. The lowest BCUT2D eigenvalue weighted by Crippen LogP contribution is -2.45. The van der Waals surface area contributed by atoms with Crippen molar-refractivity contribution in [1.29, 1.82) is 0 Å². The third-order valence-corrected chi connectivity index (χ3v) is 2.54. The van der Waals surface area contributed by atoms with Crippen molar-refractivity contribution in [1.82, 2.24) is 10.6 Å². The highest BCUT2D eigenvalue weighted by molar-refractivity contribution is 5.84. The van der Waals surface area contributed by atoms with Gasteiger partial charge in [-0.05, 0) is 26.3 Å². The first-order valence-corrected chi connectivity index (χ1v) is 5.32. The number of amides is 1. The number of hydrogen-bond donors (Lipinski definition) is 2. The second-order valence-electron chi connectivity index (χ2n) is 3.79. The van der Waals surface area contributed by atoms with Crippen molar-refractivity contribution >= 4 is 5.91 Å². The number of carbonyl (C=O) groups excluding carboxylic acids is 1. The number of ether oxygens (including phenoxy) is 1. The molecule has 1 unspecified atom stereocenters. The highest BCUT2D eigenvalue weighted by Crippen LogP contribution is 2.24. The maximum absolute atomic E-state index is 11.7. The summed E-state index contributed by atoms with van der Waals surface area (Å²) >= 11 is 0. The van der Waals surface area contributed by atoms with Gasteiger partial charge in [-0.15, -0.1) is 0 Å². The van der Waals surface area contributed by atoms with Crippen LogP contribution in [0.4, 0.5) is 0 Å². The summed E-state index contributed by atoms with van der Waals surface area (Å²) < 4.78 is 5.43. The molecule has 0 radical (unpaired) electrons. The van der Waals surface area contributed by atoms with E-state index < -0.39 is 5.60 Å². The van der Waals surface area contributed by atoms with Crippen LogP contribution in [-0.2, 0) is 9.53 Å². The normalized spacial score (nSPS) is 26.4. The molecule has 1 rings (SSSR count). The summed E-state index contributed by atoms with van der Waals surface area (Å²) in [4.78, 5) is 11.7. The van der Waals surface area contributed by atoms with Gasteiger partial charge in [-0.3, -0.25) is 4.79 Å². The van der Waals surface area contributed by atoms with Crippen LogP contribution in [-0.4, -0.2) is 37.7 Å². The maximum Gasteiger partial charge on any atom is 0.252 e.